The van der Waals surface area contributed by atoms with Crippen molar-refractivity contribution in [1.29, 1.82) is 0 Å². The number of fused-ring (bicyclic) bond motifs is 1. The number of nitrogens with one attached hydrogen (secondary N) is 1. The fourth-order valence-electron chi connectivity index (χ4n) is 3.88. The Bertz CT molecular complexity index is 907. The van der Waals surface area contributed by atoms with Crippen molar-refractivity contribution in [2.45, 2.75) is 33.2 Å². The molecular weight excluding hydrogens is 376 g/mol. The summed E-state index contributed by atoms with van der Waals surface area (Å²) in [7, 11) is 0. The highest BCUT2D eigenvalue weighted by atomic mass is 16.4. The number of rotatable bonds is 5. The molecule has 2 atom stereocenters. The number of H-pyrrole nitrogens is 1. The first-order valence-corrected chi connectivity index (χ1v) is 9.57. The van der Waals surface area contributed by atoms with Crippen LogP contribution in [0.2, 0.25) is 0 Å². The number of carbonyl (C=O) groups is 3. The predicted octanol–water partition coefficient (Wildman–Crippen LogP) is 2.50. The van der Waals surface area contributed by atoms with Gasteiger partial charge in [-0.1, -0.05) is 26.0 Å². The number of aromatic amines is 1. The molecule has 1 aromatic heterocycles. The number of imidazole rings is 1. The van der Waals surface area contributed by atoms with Crippen LogP contribution >= 0.6 is 0 Å². The molecule has 1 fully saturated rings. The van der Waals surface area contributed by atoms with E-state index < -0.39 is 23.5 Å². The number of para-hydroxylation sites is 2. The Hall–Kier alpha value is -3.10. The van der Waals surface area contributed by atoms with Crippen LogP contribution in [0, 0.1) is 11.3 Å². The normalized spacial score (nSPS) is 22.1. The Morgan fingerprint density at radius 3 is 2.59 bits per heavy atom. The number of aliphatic carboxylic acids is 1. The topological polar surface area (TPSA) is 127 Å². The average Bonchev–Trinajstić information content (AvgIpc) is 3.09. The number of nitrogens with zero attached hydrogens (tertiary/aromatic N) is 3. The lowest BCUT2D eigenvalue weighted by Crippen LogP contribution is -2.59. The zero-order chi connectivity index (χ0) is 21.3. The maximum Gasteiger partial charge on any atom is 0.407 e. The van der Waals surface area contributed by atoms with Crippen molar-refractivity contribution in [3.63, 3.8) is 0 Å². The molecule has 1 aromatic carbocycles. The molecule has 3 N–H and O–H groups in total. The highest BCUT2D eigenvalue weighted by Gasteiger charge is 2.46. The third-order valence-electron chi connectivity index (χ3n) is 5.30. The van der Waals surface area contributed by atoms with Gasteiger partial charge in [-0.2, -0.15) is 0 Å². The Morgan fingerprint density at radius 2 is 2.00 bits per heavy atom. The fourth-order valence-corrected chi connectivity index (χ4v) is 3.88. The van der Waals surface area contributed by atoms with Crippen molar-refractivity contribution in [1.82, 2.24) is 19.8 Å². The lowest BCUT2D eigenvalue weighted by molar-refractivity contribution is -0.152. The minimum Gasteiger partial charge on any atom is -0.481 e. The quantitative estimate of drug-likeness (QED) is 0.705. The van der Waals surface area contributed by atoms with Crippen LogP contribution in [0.1, 0.15) is 37.8 Å². The molecule has 9 nitrogen and oxygen atoms in total. The first kappa shape index (κ1) is 20.6. The van der Waals surface area contributed by atoms with Crippen molar-refractivity contribution in [2.75, 3.05) is 19.6 Å². The molecule has 29 heavy (non-hydrogen) atoms. The van der Waals surface area contributed by atoms with Crippen LogP contribution < -0.4 is 0 Å². The summed E-state index contributed by atoms with van der Waals surface area (Å²) >= 11 is 0. The smallest absolute Gasteiger partial charge is 0.407 e. The fraction of sp³-hybridized carbons (Fsp3) is 0.500. The molecule has 0 radical (unpaired) electrons. The van der Waals surface area contributed by atoms with Gasteiger partial charge in [0.25, 0.3) is 5.91 Å². The summed E-state index contributed by atoms with van der Waals surface area (Å²) in [5.74, 6) is -1.16. The summed E-state index contributed by atoms with van der Waals surface area (Å²) in [5, 5.41) is 19.2. The third kappa shape index (κ3) is 4.18. The highest BCUT2D eigenvalue weighted by molar-refractivity contribution is 5.94. The summed E-state index contributed by atoms with van der Waals surface area (Å²) in [4.78, 5) is 46.8. The van der Waals surface area contributed by atoms with E-state index in [9.17, 15) is 24.6 Å². The Morgan fingerprint density at radius 1 is 1.31 bits per heavy atom. The number of benzene rings is 1. The van der Waals surface area contributed by atoms with E-state index in [1.807, 2.05) is 32.0 Å². The lowest BCUT2D eigenvalue weighted by Gasteiger charge is -2.45. The van der Waals surface area contributed by atoms with E-state index in [0.717, 1.165) is 10.4 Å². The molecule has 2 aromatic rings. The molecule has 2 amide bonds. The monoisotopic (exact) mass is 402 g/mol. The number of likely N-dealkylation sites (tertiary alicyclic amines) is 1. The second-order valence-corrected chi connectivity index (χ2v) is 8.34. The van der Waals surface area contributed by atoms with E-state index in [1.165, 1.54) is 6.92 Å². The molecular formula is C20H26N4O5. The number of carboxylic acid groups (broad SMARTS) is 2. The molecule has 9 heteroatoms. The molecule has 0 saturated carbocycles. The number of carboxylic acids is 1. The maximum absolute atomic E-state index is 13.3. The third-order valence-corrected chi connectivity index (χ3v) is 5.30. The molecule has 3 rings (SSSR count). The molecule has 0 bridgehead atoms. The van der Waals surface area contributed by atoms with E-state index in [-0.39, 0.29) is 37.2 Å². The van der Waals surface area contributed by atoms with Gasteiger partial charge in [-0.25, -0.2) is 9.78 Å². The standard InChI is InChI=1S/C20H26N4O5/c1-12(2)9-24(17(25)16-21-14-6-4-5-7-15(14)22-16)13-8-20(3,18(26)27)11-23(10-13)19(28)29/h4-7,12-13H,8-11H2,1-3H3,(H,21,22)(H,26,27)(H,28,29)/t13-,20+/m0/s1. The van der Waals surface area contributed by atoms with E-state index >= 15 is 0 Å². The first-order valence-electron chi connectivity index (χ1n) is 9.57. The molecule has 2 heterocycles. The minimum absolute atomic E-state index is 0.0664. The van der Waals surface area contributed by atoms with Crippen LogP contribution in [0.4, 0.5) is 4.79 Å². The van der Waals surface area contributed by atoms with E-state index in [0.29, 0.717) is 12.1 Å². The second kappa shape index (κ2) is 7.73. The molecule has 0 aliphatic carbocycles. The molecule has 0 unspecified atom stereocenters. The zero-order valence-electron chi connectivity index (χ0n) is 16.8. The van der Waals surface area contributed by atoms with E-state index in [4.69, 9.17) is 0 Å². The van der Waals surface area contributed by atoms with Crippen LogP contribution in [0.15, 0.2) is 24.3 Å². The summed E-state index contributed by atoms with van der Waals surface area (Å²) in [6.45, 7) is 5.75. The number of hydrogen-bond acceptors (Lipinski definition) is 4. The van der Waals surface area contributed by atoms with Crippen molar-refractivity contribution in [3.05, 3.63) is 30.1 Å². The number of hydrogen-bond donors (Lipinski definition) is 3. The summed E-state index contributed by atoms with van der Waals surface area (Å²) in [5.41, 5.74) is 0.114. The van der Waals surface area contributed by atoms with Crippen molar-refractivity contribution in [2.24, 2.45) is 11.3 Å². The van der Waals surface area contributed by atoms with Gasteiger partial charge in [-0.3, -0.25) is 9.59 Å². The van der Waals surface area contributed by atoms with Gasteiger partial charge in [-0.05, 0) is 31.4 Å². The van der Waals surface area contributed by atoms with Crippen LogP contribution in [-0.2, 0) is 4.79 Å². The molecule has 1 saturated heterocycles. The van der Waals surface area contributed by atoms with Gasteiger partial charge in [0.05, 0.1) is 22.5 Å². The van der Waals surface area contributed by atoms with Crippen LogP contribution in [-0.4, -0.2) is 73.6 Å². The van der Waals surface area contributed by atoms with Gasteiger partial charge < -0.3 is 25.0 Å². The Labute approximate surface area is 168 Å². The number of carbonyl (C=O) groups excluding carboxylic acids is 1. The molecule has 1 aliphatic rings. The van der Waals surface area contributed by atoms with Crippen LogP contribution in [0.3, 0.4) is 0 Å². The summed E-state index contributed by atoms with van der Waals surface area (Å²) in [6, 6.07) is 6.71. The van der Waals surface area contributed by atoms with E-state index in [2.05, 4.69) is 9.97 Å². The number of piperidine rings is 1. The van der Waals surface area contributed by atoms with Gasteiger partial charge in [0.1, 0.15) is 0 Å². The molecule has 1 aliphatic heterocycles. The molecule has 0 spiro atoms. The predicted molar refractivity (Wildman–Crippen MR) is 106 cm³/mol. The van der Waals surface area contributed by atoms with E-state index in [1.54, 1.807) is 11.0 Å². The van der Waals surface area contributed by atoms with Crippen molar-refractivity contribution in [3.8, 4) is 0 Å². The first-order chi connectivity index (χ1) is 13.6. The van der Waals surface area contributed by atoms with Gasteiger partial charge >= 0.3 is 12.1 Å². The lowest BCUT2D eigenvalue weighted by atomic mass is 9.79. The summed E-state index contributed by atoms with van der Waals surface area (Å²) in [6.07, 6.45) is -1.02. The highest BCUT2D eigenvalue weighted by Crippen LogP contribution is 2.33. The summed E-state index contributed by atoms with van der Waals surface area (Å²) < 4.78 is 0. The van der Waals surface area contributed by atoms with Gasteiger partial charge in [-0.15, -0.1) is 0 Å². The minimum atomic E-state index is -1.27. The SMILES string of the molecule is CC(C)CN(C(=O)c1nc2ccccc2[nH]1)[C@@H]1CN(C(=O)O)C[C@](C)(C(=O)O)C1. The second-order valence-electron chi connectivity index (χ2n) is 8.34. The largest absolute Gasteiger partial charge is 0.481 e. The Balaban J connectivity index is 1.96. The zero-order valence-corrected chi connectivity index (χ0v) is 16.8. The van der Waals surface area contributed by atoms with Gasteiger partial charge in [0.15, 0.2) is 5.82 Å². The maximum atomic E-state index is 13.3. The molecule has 156 valence electrons. The number of aromatic nitrogens is 2. The van der Waals surface area contributed by atoms with Crippen LogP contribution in [0.25, 0.3) is 11.0 Å². The Kier molecular flexibility index (Phi) is 5.50. The number of amides is 2. The average molecular weight is 402 g/mol. The van der Waals surface area contributed by atoms with Gasteiger partial charge in [0, 0.05) is 19.6 Å². The van der Waals surface area contributed by atoms with Crippen molar-refractivity contribution < 1.29 is 24.6 Å². The van der Waals surface area contributed by atoms with Gasteiger partial charge in [0.2, 0.25) is 0 Å². The van der Waals surface area contributed by atoms with Crippen molar-refractivity contribution >= 4 is 29.0 Å². The van der Waals surface area contributed by atoms with Crippen LogP contribution in [0.5, 0.6) is 0 Å².